The van der Waals surface area contributed by atoms with Crippen molar-refractivity contribution in [2.24, 2.45) is 0 Å². The molecule has 0 aromatic rings. The van der Waals surface area contributed by atoms with E-state index in [1.54, 1.807) is 0 Å². The number of aliphatic hydroxyl groups excluding tert-OH is 1. The van der Waals surface area contributed by atoms with Crippen LogP contribution in [0.2, 0.25) is 0 Å². The van der Waals surface area contributed by atoms with Crippen LogP contribution in [0.1, 0.15) is 103 Å². The topological polar surface area (TPSA) is 55.8 Å². The van der Waals surface area contributed by atoms with Gasteiger partial charge >= 0.3 is 5.97 Å². The van der Waals surface area contributed by atoms with Gasteiger partial charge in [0.25, 0.3) is 0 Å². The van der Waals surface area contributed by atoms with Crippen molar-refractivity contribution in [3.05, 3.63) is 0 Å². The van der Waals surface area contributed by atoms with Crippen molar-refractivity contribution in [3.8, 4) is 0 Å². The van der Waals surface area contributed by atoms with Gasteiger partial charge in [-0.25, -0.2) is 0 Å². The molecule has 1 N–H and O–H groups in total. The molecular weight excluding hydrogens is 316 g/mol. The smallest absolute Gasteiger partial charge is 0.305 e. The fraction of sp³-hybridized carbons (Fsp3) is 0.952. The molecule has 1 aliphatic rings. The standard InChI is InChI=1S/C21H40O4/c1-3-4-8-11-18(22)14-15-20-17-16-19(25-20)12-9-6-5-7-10-13-21(23)24-2/h18-20,22H,3-17H2,1-2H3. The minimum absolute atomic E-state index is 0.0964. The minimum atomic E-state index is -0.140. The first-order chi connectivity index (χ1) is 12.2. The van der Waals surface area contributed by atoms with Crippen molar-refractivity contribution < 1.29 is 19.4 Å². The summed E-state index contributed by atoms with van der Waals surface area (Å²) >= 11 is 0. The fourth-order valence-electron chi connectivity index (χ4n) is 3.63. The number of carbonyl (C=O) groups is 1. The van der Waals surface area contributed by atoms with Crippen molar-refractivity contribution >= 4 is 5.97 Å². The van der Waals surface area contributed by atoms with Gasteiger partial charge in [-0.1, -0.05) is 51.9 Å². The van der Waals surface area contributed by atoms with Gasteiger partial charge in [-0.3, -0.25) is 4.79 Å². The molecule has 148 valence electrons. The Morgan fingerprint density at radius 2 is 1.68 bits per heavy atom. The number of hydrogen-bond acceptors (Lipinski definition) is 4. The maximum atomic E-state index is 11.0. The second kappa shape index (κ2) is 14.5. The maximum absolute atomic E-state index is 11.0. The normalized spacial score (nSPS) is 21.4. The Morgan fingerprint density at radius 3 is 2.40 bits per heavy atom. The molecule has 0 bridgehead atoms. The Labute approximate surface area is 154 Å². The molecule has 1 rings (SSSR count). The largest absolute Gasteiger partial charge is 0.469 e. The SMILES string of the molecule is CCCCCC(O)CCC1CCC(CCCCCCCC(=O)OC)O1. The lowest BCUT2D eigenvalue weighted by Gasteiger charge is -2.16. The molecule has 25 heavy (non-hydrogen) atoms. The van der Waals surface area contributed by atoms with E-state index in [4.69, 9.17) is 4.74 Å². The molecule has 1 aliphatic heterocycles. The van der Waals surface area contributed by atoms with Crippen LogP contribution >= 0.6 is 0 Å². The van der Waals surface area contributed by atoms with Crippen molar-refractivity contribution in [2.45, 2.75) is 122 Å². The van der Waals surface area contributed by atoms with E-state index in [1.165, 1.54) is 45.6 Å². The lowest BCUT2D eigenvalue weighted by atomic mass is 10.0. The van der Waals surface area contributed by atoms with Crippen LogP contribution < -0.4 is 0 Å². The molecular formula is C21H40O4. The zero-order valence-electron chi connectivity index (χ0n) is 16.5. The van der Waals surface area contributed by atoms with Crippen LogP contribution in [0.5, 0.6) is 0 Å². The first kappa shape index (κ1) is 22.4. The number of ether oxygens (including phenoxy) is 2. The van der Waals surface area contributed by atoms with Crippen LogP contribution in [0.4, 0.5) is 0 Å². The average Bonchev–Trinajstić information content (AvgIpc) is 3.07. The Hall–Kier alpha value is -0.610. The number of esters is 1. The third-order valence-corrected chi connectivity index (χ3v) is 5.29. The Kier molecular flexibility index (Phi) is 13.1. The monoisotopic (exact) mass is 356 g/mol. The van der Waals surface area contributed by atoms with Crippen molar-refractivity contribution in [1.29, 1.82) is 0 Å². The van der Waals surface area contributed by atoms with Gasteiger partial charge in [-0.2, -0.15) is 0 Å². The highest BCUT2D eigenvalue weighted by molar-refractivity contribution is 5.68. The predicted octanol–water partition coefficient (Wildman–Crippen LogP) is 5.16. The van der Waals surface area contributed by atoms with Crippen LogP contribution in [0.15, 0.2) is 0 Å². The second-order valence-corrected chi connectivity index (χ2v) is 7.57. The van der Waals surface area contributed by atoms with Gasteiger partial charge < -0.3 is 14.6 Å². The maximum Gasteiger partial charge on any atom is 0.305 e. The molecule has 4 nitrogen and oxygen atoms in total. The second-order valence-electron chi connectivity index (χ2n) is 7.57. The van der Waals surface area contributed by atoms with Gasteiger partial charge in [0, 0.05) is 6.42 Å². The Morgan fingerprint density at radius 1 is 1.00 bits per heavy atom. The molecule has 0 radical (unpaired) electrons. The summed E-state index contributed by atoms with van der Waals surface area (Å²) in [5, 5.41) is 10.0. The molecule has 0 aromatic carbocycles. The molecule has 3 unspecified atom stereocenters. The Bertz CT molecular complexity index is 332. The Balaban J connectivity index is 1.94. The molecule has 1 fully saturated rings. The summed E-state index contributed by atoms with van der Waals surface area (Å²) in [6.07, 6.45) is 16.8. The van der Waals surface area contributed by atoms with Crippen LogP contribution in [0.25, 0.3) is 0 Å². The van der Waals surface area contributed by atoms with Gasteiger partial charge in [-0.05, 0) is 44.9 Å². The molecule has 1 heterocycles. The van der Waals surface area contributed by atoms with Gasteiger partial charge in [0.2, 0.25) is 0 Å². The zero-order valence-corrected chi connectivity index (χ0v) is 16.5. The van der Waals surface area contributed by atoms with E-state index in [0.717, 1.165) is 51.4 Å². The molecule has 1 saturated heterocycles. The number of hydrogen-bond donors (Lipinski definition) is 1. The number of aliphatic hydroxyl groups is 1. The van der Waals surface area contributed by atoms with Crippen molar-refractivity contribution in [2.75, 3.05) is 7.11 Å². The quantitative estimate of drug-likeness (QED) is 0.325. The minimum Gasteiger partial charge on any atom is -0.469 e. The summed E-state index contributed by atoms with van der Waals surface area (Å²) in [6.45, 7) is 2.20. The van der Waals surface area contributed by atoms with E-state index in [2.05, 4.69) is 11.7 Å². The highest BCUT2D eigenvalue weighted by Crippen LogP contribution is 2.27. The van der Waals surface area contributed by atoms with E-state index in [1.807, 2.05) is 0 Å². The number of unbranched alkanes of at least 4 members (excludes halogenated alkanes) is 6. The van der Waals surface area contributed by atoms with Crippen LogP contribution in [-0.2, 0) is 14.3 Å². The van der Waals surface area contributed by atoms with E-state index < -0.39 is 0 Å². The highest BCUT2D eigenvalue weighted by Gasteiger charge is 2.25. The van der Waals surface area contributed by atoms with Crippen LogP contribution in [-0.4, -0.2) is 36.5 Å². The lowest BCUT2D eigenvalue weighted by Crippen LogP contribution is -2.15. The highest BCUT2D eigenvalue weighted by atomic mass is 16.5. The predicted molar refractivity (Wildman–Crippen MR) is 102 cm³/mol. The third-order valence-electron chi connectivity index (χ3n) is 5.29. The van der Waals surface area contributed by atoms with Crippen LogP contribution in [0.3, 0.4) is 0 Å². The van der Waals surface area contributed by atoms with E-state index >= 15 is 0 Å². The number of methoxy groups -OCH3 is 1. The van der Waals surface area contributed by atoms with E-state index in [-0.39, 0.29) is 12.1 Å². The molecule has 0 saturated carbocycles. The average molecular weight is 357 g/mol. The number of carbonyl (C=O) groups excluding carboxylic acids is 1. The van der Waals surface area contributed by atoms with Crippen molar-refractivity contribution in [1.82, 2.24) is 0 Å². The van der Waals surface area contributed by atoms with Gasteiger partial charge in [0.15, 0.2) is 0 Å². The first-order valence-electron chi connectivity index (χ1n) is 10.6. The van der Waals surface area contributed by atoms with Gasteiger partial charge in [0.1, 0.15) is 0 Å². The van der Waals surface area contributed by atoms with Crippen LogP contribution in [0, 0.1) is 0 Å². The molecule has 0 spiro atoms. The summed E-state index contributed by atoms with van der Waals surface area (Å²) in [6, 6.07) is 0. The lowest BCUT2D eigenvalue weighted by molar-refractivity contribution is -0.140. The summed E-state index contributed by atoms with van der Waals surface area (Å²) in [5.41, 5.74) is 0. The molecule has 0 amide bonds. The van der Waals surface area contributed by atoms with Crippen molar-refractivity contribution in [3.63, 3.8) is 0 Å². The van der Waals surface area contributed by atoms with E-state index in [0.29, 0.717) is 18.6 Å². The summed E-state index contributed by atoms with van der Waals surface area (Å²) < 4.78 is 10.8. The molecule has 0 aromatic heterocycles. The van der Waals surface area contributed by atoms with E-state index in [9.17, 15) is 9.90 Å². The van der Waals surface area contributed by atoms with Gasteiger partial charge in [0.05, 0.1) is 25.4 Å². The molecule has 4 heteroatoms. The summed E-state index contributed by atoms with van der Waals surface area (Å²) in [5.74, 6) is -0.0964. The fourth-order valence-corrected chi connectivity index (χ4v) is 3.63. The molecule has 3 atom stereocenters. The molecule has 0 aliphatic carbocycles. The third kappa shape index (κ3) is 11.6. The van der Waals surface area contributed by atoms with Gasteiger partial charge in [-0.15, -0.1) is 0 Å². The first-order valence-corrected chi connectivity index (χ1v) is 10.6. The zero-order chi connectivity index (χ0) is 18.3. The number of rotatable bonds is 15. The summed E-state index contributed by atoms with van der Waals surface area (Å²) in [7, 11) is 1.45. The summed E-state index contributed by atoms with van der Waals surface area (Å²) in [4.78, 5) is 11.0.